The van der Waals surface area contributed by atoms with Gasteiger partial charge in [0.05, 0.1) is 11.9 Å². The molecule has 0 saturated heterocycles. The first kappa shape index (κ1) is 17.9. The fraction of sp³-hybridized carbons (Fsp3) is 0.350. The molecule has 136 valence electrons. The van der Waals surface area contributed by atoms with Crippen LogP contribution in [0.5, 0.6) is 0 Å². The van der Waals surface area contributed by atoms with Crippen molar-refractivity contribution in [1.82, 2.24) is 20.1 Å². The van der Waals surface area contributed by atoms with Crippen LogP contribution in [0.15, 0.2) is 40.9 Å². The SMILES string of the molecule is CCC(CC)NC(=O)c1cnc(-c2cccc(-c3cc(C)n(C)n3)c2)o1. The molecule has 3 aromatic rings. The summed E-state index contributed by atoms with van der Waals surface area (Å²) in [5, 5.41) is 7.46. The highest BCUT2D eigenvalue weighted by Crippen LogP contribution is 2.26. The van der Waals surface area contributed by atoms with Crippen molar-refractivity contribution in [3.8, 4) is 22.7 Å². The number of amides is 1. The van der Waals surface area contributed by atoms with Crippen LogP contribution in [-0.4, -0.2) is 26.7 Å². The van der Waals surface area contributed by atoms with Crippen molar-refractivity contribution in [2.45, 2.75) is 39.7 Å². The maximum atomic E-state index is 12.3. The van der Waals surface area contributed by atoms with E-state index >= 15 is 0 Å². The molecular formula is C20H24N4O2. The highest BCUT2D eigenvalue weighted by atomic mass is 16.4. The second-order valence-corrected chi connectivity index (χ2v) is 6.39. The summed E-state index contributed by atoms with van der Waals surface area (Å²) in [6.45, 7) is 6.11. The van der Waals surface area contributed by atoms with Gasteiger partial charge in [0, 0.05) is 29.9 Å². The number of hydrogen-bond donors (Lipinski definition) is 1. The fourth-order valence-electron chi connectivity index (χ4n) is 2.78. The Bertz CT molecular complexity index is 887. The topological polar surface area (TPSA) is 73.0 Å². The van der Waals surface area contributed by atoms with Crippen molar-refractivity contribution in [2.24, 2.45) is 7.05 Å². The normalized spacial score (nSPS) is 11.1. The number of aryl methyl sites for hydroxylation is 2. The van der Waals surface area contributed by atoms with Crippen molar-refractivity contribution in [3.63, 3.8) is 0 Å². The Hall–Kier alpha value is -2.89. The van der Waals surface area contributed by atoms with Crippen LogP contribution in [-0.2, 0) is 7.05 Å². The van der Waals surface area contributed by atoms with Crippen LogP contribution in [0.2, 0.25) is 0 Å². The monoisotopic (exact) mass is 352 g/mol. The van der Waals surface area contributed by atoms with Gasteiger partial charge in [0.1, 0.15) is 0 Å². The molecule has 3 rings (SSSR count). The Morgan fingerprint density at radius 1 is 1.23 bits per heavy atom. The zero-order valence-electron chi connectivity index (χ0n) is 15.6. The lowest BCUT2D eigenvalue weighted by molar-refractivity contribution is 0.0907. The van der Waals surface area contributed by atoms with Gasteiger partial charge in [-0.05, 0) is 38.0 Å². The molecule has 0 atom stereocenters. The van der Waals surface area contributed by atoms with Gasteiger partial charge >= 0.3 is 0 Å². The van der Waals surface area contributed by atoms with Crippen LogP contribution in [0.4, 0.5) is 0 Å². The first-order valence-corrected chi connectivity index (χ1v) is 8.90. The molecule has 1 N–H and O–H groups in total. The molecule has 0 aliphatic heterocycles. The van der Waals surface area contributed by atoms with Gasteiger partial charge in [0.2, 0.25) is 11.7 Å². The molecule has 0 bridgehead atoms. The van der Waals surface area contributed by atoms with E-state index < -0.39 is 0 Å². The summed E-state index contributed by atoms with van der Waals surface area (Å²) in [5.41, 5.74) is 3.77. The average Bonchev–Trinajstić information content (AvgIpc) is 3.27. The molecule has 2 aromatic heterocycles. The molecule has 0 fully saturated rings. The quantitative estimate of drug-likeness (QED) is 0.728. The minimum absolute atomic E-state index is 0.145. The lowest BCUT2D eigenvalue weighted by Crippen LogP contribution is -2.33. The van der Waals surface area contributed by atoms with E-state index in [2.05, 4.69) is 15.4 Å². The Kier molecular flexibility index (Phi) is 5.21. The molecule has 1 amide bonds. The number of nitrogens with one attached hydrogen (secondary N) is 1. The summed E-state index contributed by atoms with van der Waals surface area (Å²) in [6.07, 6.45) is 3.24. The number of carbonyl (C=O) groups is 1. The minimum atomic E-state index is -0.228. The van der Waals surface area contributed by atoms with Crippen molar-refractivity contribution in [1.29, 1.82) is 0 Å². The first-order chi connectivity index (χ1) is 12.5. The van der Waals surface area contributed by atoms with Gasteiger partial charge in [-0.3, -0.25) is 9.48 Å². The smallest absolute Gasteiger partial charge is 0.288 e. The third-order valence-electron chi connectivity index (χ3n) is 4.57. The summed E-state index contributed by atoms with van der Waals surface area (Å²) in [6, 6.07) is 9.98. The van der Waals surface area contributed by atoms with E-state index in [-0.39, 0.29) is 17.7 Å². The molecule has 0 unspecified atom stereocenters. The first-order valence-electron chi connectivity index (χ1n) is 8.90. The molecule has 1 aromatic carbocycles. The molecule has 2 heterocycles. The van der Waals surface area contributed by atoms with Crippen LogP contribution < -0.4 is 5.32 Å². The lowest BCUT2D eigenvalue weighted by Gasteiger charge is -2.12. The summed E-state index contributed by atoms with van der Waals surface area (Å²) in [4.78, 5) is 16.6. The summed E-state index contributed by atoms with van der Waals surface area (Å²) >= 11 is 0. The van der Waals surface area contributed by atoms with E-state index in [0.717, 1.165) is 35.4 Å². The molecular weight excluding hydrogens is 328 g/mol. The standard InChI is InChI=1S/C20H24N4O2/c1-5-16(6-2)22-19(25)18-12-21-20(26-18)15-9-7-8-14(11-15)17-10-13(3)24(4)23-17/h7-12,16H,5-6H2,1-4H3,(H,22,25). The van der Waals surface area contributed by atoms with Crippen molar-refractivity contribution >= 4 is 5.91 Å². The summed E-state index contributed by atoms with van der Waals surface area (Å²) in [7, 11) is 1.92. The number of aromatic nitrogens is 3. The van der Waals surface area contributed by atoms with Crippen molar-refractivity contribution in [2.75, 3.05) is 0 Å². The van der Waals surface area contributed by atoms with Gasteiger partial charge in [0.25, 0.3) is 5.91 Å². The number of nitrogens with zero attached hydrogens (tertiary/aromatic N) is 3. The van der Waals surface area contributed by atoms with Gasteiger partial charge in [0.15, 0.2) is 0 Å². The van der Waals surface area contributed by atoms with E-state index in [1.807, 2.05) is 62.8 Å². The largest absolute Gasteiger partial charge is 0.431 e. The lowest BCUT2D eigenvalue weighted by atomic mass is 10.1. The molecule has 0 aliphatic rings. The third-order valence-corrected chi connectivity index (χ3v) is 4.57. The predicted octanol–water partition coefficient (Wildman–Crippen LogP) is 3.97. The number of benzene rings is 1. The highest BCUT2D eigenvalue weighted by Gasteiger charge is 2.16. The molecule has 0 spiro atoms. The van der Waals surface area contributed by atoms with Crippen molar-refractivity contribution < 1.29 is 9.21 Å². The molecule has 0 saturated carbocycles. The molecule has 0 radical (unpaired) electrons. The van der Waals surface area contributed by atoms with E-state index in [0.29, 0.717) is 5.89 Å². The Morgan fingerprint density at radius 2 is 1.96 bits per heavy atom. The number of carbonyl (C=O) groups excluding carboxylic acids is 1. The van der Waals surface area contributed by atoms with E-state index in [1.165, 1.54) is 6.20 Å². The molecule has 6 nitrogen and oxygen atoms in total. The second kappa shape index (κ2) is 7.56. The maximum absolute atomic E-state index is 12.3. The maximum Gasteiger partial charge on any atom is 0.288 e. The van der Waals surface area contributed by atoms with Gasteiger partial charge in [-0.1, -0.05) is 26.0 Å². The van der Waals surface area contributed by atoms with E-state index in [1.54, 1.807) is 0 Å². The van der Waals surface area contributed by atoms with Crippen LogP contribution in [0.3, 0.4) is 0 Å². The van der Waals surface area contributed by atoms with Crippen LogP contribution in [0.25, 0.3) is 22.7 Å². The molecule has 0 aliphatic carbocycles. The number of rotatable bonds is 6. The van der Waals surface area contributed by atoms with Crippen LogP contribution in [0.1, 0.15) is 42.9 Å². The van der Waals surface area contributed by atoms with E-state index in [4.69, 9.17) is 4.42 Å². The zero-order chi connectivity index (χ0) is 18.7. The number of hydrogen-bond acceptors (Lipinski definition) is 4. The summed E-state index contributed by atoms with van der Waals surface area (Å²) < 4.78 is 7.53. The van der Waals surface area contributed by atoms with Crippen LogP contribution in [0, 0.1) is 6.92 Å². The van der Waals surface area contributed by atoms with Gasteiger partial charge < -0.3 is 9.73 Å². The molecule has 6 heteroatoms. The average molecular weight is 352 g/mol. The van der Waals surface area contributed by atoms with Crippen LogP contribution >= 0.6 is 0 Å². The molecule has 26 heavy (non-hydrogen) atoms. The highest BCUT2D eigenvalue weighted by molar-refractivity contribution is 5.91. The minimum Gasteiger partial charge on any atom is -0.431 e. The van der Waals surface area contributed by atoms with Gasteiger partial charge in [-0.25, -0.2) is 4.98 Å². The Labute approximate surface area is 153 Å². The third kappa shape index (κ3) is 3.69. The van der Waals surface area contributed by atoms with E-state index in [9.17, 15) is 4.79 Å². The van der Waals surface area contributed by atoms with Gasteiger partial charge in [-0.15, -0.1) is 0 Å². The second-order valence-electron chi connectivity index (χ2n) is 6.39. The summed E-state index contributed by atoms with van der Waals surface area (Å²) in [5.74, 6) is 0.425. The fourth-order valence-corrected chi connectivity index (χ4v) is 2.78. The van der Waals surface area contributed by atoms with Crippen molar-refractivity contribution in [3.05, 3.63) is 48.0 Å². The Balaban J connectivity index is 1.83. The number of oxazole rings is 1. The van der Waals surface area contributed by atoms with Gasteiger partial charge in [-0.2, -0.15) is 5.10 Å². The zero-order valence-corrected chi connectivity index (χ0v) is 15.6. The Morgan fingerprint density at radius 3 is 2.62 bits per heavy atom. The predicted molar refractivity (Wildman–Crippen MR) is 101 cm³/mol.